The van der Waals surface area contributed by atoms with E-state index in [1.807, 2.05) is 13.8 Å². The molecule has 0 bridgehead atoms. The highest BCUT2D eigenvalue weighted by molar-refractivity contribution is 6.04. The van der Waals surface area contributed by atoms with Crippen LogP contribution in [0.1, 0.15) is 33.1 Å². The van der Waals surface area contributed by atoms with E-state index in [1.165, 1.54) is 18.2 Å². The van der Waals surface area contributed by atoms with Crippen LogP contribution in [-0.4, -0.2) is 20.3 Å². The maximum atomic E-state index is 13.9. The number of ether oxygens (including phenoxy) is 1. The standard InChI is InChI=1S/C23H20F2N4O2/c1-13-10-16(11-14(2)26-13)28-23(30)21-15(3)27-22-20(8-5-9-29(21)22)31-12-17-18(24)6-4-7-19(17)25/h4-11H,12H2,1-3H3,(H,26,28,30). The van der Waals surface area contributed by atoms with Crippen molar-refractivity contribution in [3.05, 3.63) is 88.6 Å². The smallest absolute Gasteiger partial charge is 0.274 e. The Hall–Kier alpha value is -3.81. The van der Waals surface area contributed by atoms with Crippen molar-refractivity contribution in [2.75, 3.05) is 5.32 Å². The van der Waals surface area contributed by atoms with E-state index >= 15 is 0 Å². The van der Waals surface area contributed by atoms with E-state index in [4.69, 9.17) is 4.74 Å². The molecule has 0 unspecified atom stereocenters. The molecule has 8 heteroatoms. The van der Waals surface area contributed by atoms with E-state index in [1.54, 1.807) is 41.8 Å². The summed E-state index contributed by atoms with van der Waals surface area (Å²) >= 11 is 0. The van der Waals surface area contributed by atoms with Crippen LogP contribution in [-0.2, 0) is 6.61 Å². The van der Waals surface area contributed by atoms with Crippen molar-refractivity contribution < 1.29 is 18.3 Å². The highest BCUT2D eigenvalue weighted by Gasteiger charge is 2.20. The van der Waals surface area contributed by atoms with Gasteiger partial charge < -0.3 is 10.1 Å². The van der Waals surface area contributed by atoms with E-state index in [0.717, 1.165) is 11.4 Å². The van der Waals surface area contributed by atoms with E-state index in [9.17, 15) is 13.6 Å². The third-order valence-corrected chi connectivity index (χ3v) is 4.78. The maximum absolute atomic E-state index is 13.9. The van der Waals surface area contributed by atoms with Crippen molar-refractivity contribution in [3.63, 3.8) is 0 Å². The zero-order valence-electron chi connectivity index (χ0n) is 17.2. The second kappa shape index (κ2) is 8.14. The number of hydrogen-bond acceptors (Lipinski definition) is 4. The second-order valence-electron chi connectivity index (χ2n) is 7.19. The first-order valence-electron chi connectivity index (χ1n) is 9.63. The number of fused-ring (bicyclic) bond motifs is 1. The number of amides is 1. The fourth-order valence-corrected chi connectivity index (χ4v) is 3.46. The number of nitrogens with zero attached hydrogens (tertiary/aromatic N) is 3. The normalized spacial score (nSPS) is 11.0. The summed E-state index contributed by atoms with van der Waals surface area (Å²) < 4.78 is 35.1. The van der Waals surface area contributed by atoms with Gasteiger partial charge in [-0.1, -0.05) is 6.07 Å². The lowest BCUT2D eigenvalue weighted by atomic mass is 10.2. The quantitative estimate of drug-likeness (QED) is 0.503. The first-order valence-corrected chi connectivity index (χ1v) is 9.63. The van der Waals surface area contributed by atoms with Crippen molar-refractivity contribution in [2.45, 2.75) is 27.4 Å². The van der Waals surface area contributed by atoms with Gasteiger partial charge in [0.2, 0.25) is 0 Å². The minimum absolute atomic E-state index is 0.172. The molecule has 0 spiro atoms. The summed E-state index contributed by atoms with van der Waals surface area (Å²) in [5, 5.41) is 2.87. The third kappa shape index (κ3) is 4.09. The predicted molar refractivity (Wildman–Crippen MR) is 112 cm³/mol. The van der Waals surface area contributed by atoms with Crippen LogP contribution >= 0.6 is 0 Å². The lowest BCUT2D eigenvalue weighted by Gasteiger charge is -2.10. The average molecular weight is 422 g/mol. The van der Waals surface area contributed by atoms with E-state index < -0.39 is 11.6 Å². The predicted octanol–water partition coefficient (Wildman–Crippen LogP) is 4.76. The van der Waals surface area contributed by atoms with Crippen LogP contribution in [0.5, 0.6) is 5.75 Å². The maximum Gasteiger partial charge on any atom is 0.274 e. The number of aryl methyl sites for hydroxylation is 3. The monoisotopic (exact) mass is 422 g/mol. The number of carbonyl (C=O) groups is 1. The summed E-state index contributed by atoms with van der Waals surface area (Å²) in [6.07, 6.45) is 1.68. The summed E-state index contributed by atoms with van der Waals surface area (Å²) in [7, 11) is 0. The Bertz CT molecular complexity index is 1260. The Morgan fingerprint density at radius 2 is 1.71 bits per heavy atom. The molecule has 1 amide bonds. The van der Waals surface area contributed by atoms with E-state index in [-0.39, 0.29) is 18.1 Å². The molecular weight excluding hydrogens is 402 g/mol. The summed E-state index contributed by atoms with van der Waals surface area (Å²) in [5.74, 6) is -1.40. The van der Waals surface area contributed by atoms with E-state index in [2.05, 4.69) is 15.3 Å². The van der Waals surface area contributed by atoms with Gasteiger partial charge in [-0.2, -0.15) is 0 Å². The first-order chi connectivity index (χ1) is 14.8. The summed E-state index contributed by atoms with van der Waals surface area (Å²) in [4.78, 5) is 21.7. The molecule has 31 heavy (non-hydrogen) atoms. The molecule has 0 atom stereocenters. The van der Waals surface area contributed by atoms with Gasteiger partial charge >= 0.3 is 0 Å². The van der Waals surface area contributed by atoms with Crippen LogP contribution in [0.3, 0.4) is 0 Å². The Morgan fingerprint density at radius 1 is 1.03 bits per heavy atom. The first kappa shape index (κ1) is 20.5. The second-order valence-corrected chi connectivity index (χ2v) is 7.19. The topological polar surface area (TPSA) is 68.5 Å². The Balaban J connectivity index is 1.64. The number of nitrogens with one attached hydrogen (secondary N) is 1. The van der Waals surface area contributed by atoms with Gasteiger partial charge in [-0.25, -0.2) is 13.8 Å². The molecule has 0 aliphatic heterocycles. The molecule has 6 nitrogen and oxygen atoms in total. The Kier molecular flexibility index (Phi) is 5.37. The lowest BCUT2D eigenvalue weighted by molar-refractivity contribution is 0.102. The number of imidazole rings is 1. The molecule has 3 aromatic heterocycles. The number of halogens is 2. The van der Waals surface area contributed by atoms with Crippen LogP contribution < -0.4 is 10.1 Å². The zero-order valence-corrected chi connectivity index (χ0v) is 17.2. The number of pyridine rings is 2. The Labute approximate surface area is 177 Å². The van der Waals surface area contributed by atoms with E-state index in [0.29, 0.717) is 28.5 Å². The fraction of sp³-hybridized carbons (Fsp3) is 0.174. The number of rotatable bonds is 5. The van der Waals surface area contributed by atoms with Crippen LogP contribution in [0.25, 0.3) is 5.65 Å². The van der Waals surface area contributed by atoms with Crippen molar-refractivity contribution >= 4 is 17.2 Å². The molecule has 0 saturated carbocycles. The molecule has 0 saturated heterocycles. The molecular formula is C23H20F2N4O2. The van der Waals surface area contributed by atoms with Crippen molar-refractivity contribution in [1.29, 1.82) is 0 Å². The molecule has 1 aromatic carbocycles. The van der Waals surface area contributed by atoms with Crippen molar-refractivity contribution in [3.8, 4) is 5.75 Å². The van der Waals surface area contributed by atoms with Gasteiger partial charge in [0.05, 0.1) is 11.3 Å². The van der Waals surface area contributed by atoms with Crippen LogP contribution in [0.2, 0.25) is 0 Å². The summed E-state index contributed by atoms with van der Waals surface area (Å²) in [5.41, 5.74) is 3.25. The minimum atomic E-state index is -0.686. The van der Waals surface area contributed by atoms with Crippen LogP contribution in [0, 0.1) is 32.4 Å². The van der Waals surface area contributed by atoms with Crippen molar-refractivity contribution in [1.82, 2.24) is 14.4 Å². The minimum Gasteiger partial charge on any atom is -0.485 e. The zero-order chi connectivity index (χ0) is 22.1. The number of hydrogen-bond donors (Lipinski definition) is 1. The number of aromatic nitrogens is 3. The number of carbonyl (C=O) groups excluding carboxylic acids is 1. The molecule has 0 fully saturated rings. The number of anilines is 1. The largest absolute Gasteiger partial charge is 0.485 e. The van der Waals surface area contributed by atoms with Gasteiger partial charge in [0, 0.05) is 23.3 Å². The van der Waals surface area contributed by atoms with Crippen molar-refractivity contribution in [2.24, 2.45) is 0 Å². The highest BCUT2D eigenvalue weighted by atomic mass is 19.1. The molecule has 0 radical (unpaired) electrons. The van der Waals surface area contributed by atoms with Crippen LogP contribution in [0.15, 0.2) is 48.7 Å². The molecule has 4 aromatic rings. The van der Waals surface area contributed by atoms with Gasteiger partial charge in [-0.3, -0.25) is 14.2 Å². The van der Waals surface area contributed by atoms with Gasteiger partial charge in [-0.05, 0) is 57.2 Å². The molecule has 3 heterocycles. The summed E-state index contributed by atoms with van der Waals surface area (Å²) in [6.45, 7) is 5.11. The Morgan fingerprint density at radius 3 is 2.39 bits per heavy atom. The van der Waals surface area contributed by atoms with Gasteiger partial charge in [0.15, 0.2) is 11.4 Å². The SMILES string of the molecule is Cc1cc(NC(=O)c2c(C)nc3c(OCc4c(F)cccc4F)cccn23)cc(C)n1. The van der Waals surface area contributed by atoms with Gasteiger partial charge in [0.1, 0.15) is 23.9 Å². The molecule has 1 N–H and O–H groups in total. The van der Waals surface area contributed by atoms with Gasteiger partial charge in [0.25, 0.3) is 5.91 Å². The molecule has 0 aliphatic carbocycles. The number of benzene rings is 1. The highest BCUT2D eigenvalue weighted by Crippen LogP contribution is 2.25. The van der Waals surface area contributed by atoms with Gasteiger partial charge in [-0.15, -0.1) is 0 Å². The third-order valence-electron chi connectivity index (χ3n) is 4.78. The summed E-state index contributed by atoms with van der Waals surface area (Å²) in [6, 6.07) is 10.5. The molecule has 0 aliphatic rings. The average Bonchev–Trinajstić information content (AvgIpc) is 3.03. The fourth-order valence-electron chi connectivity index (χ4n) is 3.46. The molecule has 158 valence electrons. The molecule has 4 rings (SSSR count). The van der Waals surface area contributed by atoms with Crippen LogP contribution in [0.4, 0.5) is 14.5 Å². The lowest BCUT2D eigenvalue weighted by Crippen LogP contribution is -2.16.